The van der Waals surface area contributed by atoms with Gasteiger partial charge in [0.05, 0.1) is 12.5 Å². The van der Waals surface area contributed by atoms with Crippen molar-refractivity contribution in [3.05, 3.63) is 54.6 Å². The Morgan fingerprint density at radius 2 is 1.88 bits per heavy atom. The largest absolute Gasteiger partial charge is 0.494 e. The van der Waals surface area contributed by atoms with Crippen LogP contribution in [0.15, 0.2) is 54.6 Å². The molecule has 124 valence electrons. The number of hydrogen-bond acceptors (Lipinski definition) is 3. The number of para-hydroxylation sites is 1. The SMILES string of the molecule is CCOc1ccc(N2C[C@H](C(=O)Nc3ccccc3)CC2=O)cc1. The van der Waals surface area contributed by atoms with Crippen molar-refractivity contribution in [2.45, 2.75) is 13.3 Å². The molecule has 0 radical (unpaired) electrons. The van der Waals surface area contributed by atoms with Crippen LogP contribution in [0.4, 0.5) is 11.4 Å². The Hall–Kier alpha value is -2.82. The molecule has 24 heavy (non-hydrogen) atoms. The van der Waals surface area contributed by atoms with E-state index in [0.29, 0.717) is 13.2 Å². The quantitative estimate of drug-likeness (QED) is 0.919. The van der Waals surface area contributed by atoms with E-state index in [2.05, 4.69) is 5.32 Å². The summed E-state index contributed by atoms with van der Waals surface area (Å²) < 4.78 is 5.41. The van der Waals surface area contributed by atoms with E-state index in [1.165, 1.54) is 0 Å². The molecule has 1 fully saturated rings. The summed E-state index contributed by atoms with van der Waals surface area (Å²) in [4.78, 5) is 26.3. The van der Waals surface area contributed by atoms with Crippen molar-refractivity contribution in [2.75, 3.05) is 23.4 Å². The third-order valence-corrected chi connectivity index (χ3v) is 4.00. The van der Waals surface area contributed by atoms with Crippen LogP contribution in [0.25, 0.3) is 0 Å². The lowest BCUT2D eigenvalue weighted by atomic mass is 10.1. The van der Waals surface area contributed by atoms with Crippen LogP contribution in [-0.2, 0) is 9.59 Å². The highest BCUT2D eigenvalue weighted by molar-refractivity contribution is 6.03. The smallest absolute Gasteiger partial charge is 0.229 e. The van der Waals surface area contributed by atoms with Crippen LogP contribution in [0.1, 0.15) is 13.3 Å². The fraction of sp³-hybridized carbons (Fsp3) is 0.263. The second kappa shape index (κ2) is 7.17. The van der Waals surface area contributed by atoms with Crippen molar-refractivity contribution in [2.24, 2.45) is 5.92 Å². The lowest BCUT2D eigenvalue weighted by Crippen LogP contribution is -2.28. The van der Waals surface area contributed by atoms with Crippen molar-refractivity contribution >= 4 is 23.2 Å². The van der Waals surface area contributed by atoms with E-state index in [9.17, 15) is 9.59 Å². The molecule has 0 aliphatic carbocycles. The number of amides is 2. The van der Waals surface area contributed by atoms with Gasteiger partial charge in [-0.05, 0) is 43.3 Å². The third-order valence-electron chi connectivity index (χ3n) is 4.00. The summed E-state index contributed by atoms with van der Waals surface area (Å²) in [7, 11) is 0. The Morgan fingerprint density at radius 3 is 2.54 bits per heavy atom. The normalized spacial score (nSPS) is 17.0. The van der Waals surface area contributed by atoms with Gasteiger partial charge in [-0.25, -0.2) is 0 Å². The summed E-state index contributed by atoms with van der Waals surface area (Å²) >= 11 is 0. The molecule has 0 spiro atoms. The van der Waals surface area contributed by atoms with Crippen LogP contribution in [0.3, 0.4) is 0 Å². The van der Waals surface area contributed by atoms with Gasteiger partial charge in [0.25, 0.3) is 0 Å². The number of carbonyl (C=O) groups excluding carboxylic acids is 2. The summed E-state index contributed by atoms with van der Waals surface area (Å²) in [6, 6.07) is 16.6. The van der Waals surface area contributed by atoms with E-state index in [-0.39, 0.29) is 24.2 Å². The Morgan fingerprint density at radius 1 is 1.17 bits per heavy atom. The molecule has 5 nitrogen and oxygen atoms in total. The topological polar surface area (TPSA) is 58.6 Å². The molecule has 1 saturated heterocycles. The highest BCUT2D eigenvalue weighted by atomic mass is 16.5. The number of rotatable bonds is 5. The summed E-state index contributed by atoms with van der Waals surface area (Å²) in [5.41, 5.74) is 1.54. The summed E-state index contributed by atoms with van der Waals surface area (Å²) in [5.74, 6) is 0.269. The average molecular weight is 324 g/mol. The predicted molar refractivity (Wildman–Crippen MR) is 93.1 cm³/mol. The maximum Gasteiger partial charge on any atom is 0.229 e. The van der Waals surface area contributed by atoms with Gasteiger partial charge >= 0.3 is 0 Å². The van der Waals surface area contributed by atoms with Crippen molar-refractivity contribution in [3.63, 3.8) is 0 Å². The van der Waals surface area contributed by atoms with Crippen LogP contribution < -0.4 is 15.0 Å². The monoisotopic (exact) mass is 324 g/mol. The number of anilines is 2. The van der Waals surface area contributed by atoms with E-state index in [4.69, 9.17) is 4.74 Å². The second-order valence-electron chi connectivity index (χ2n) is 5.69. The van der Waals surface area contributed by atoms with Gasteiger partial charge in [0.15, 0.2) is 0 Å². The summed E-state index contributed by atoms with van der Waals surface area (Å²) in [6.45, 7) is 2.92. The first-order valence-electron chi connectivity index (χ1n) is 8.06. The van der Waals surface area contributed by atoms with Gasteiger partial charge in [0.2, 0.25) is 11.8 Å². The van der Waals surface area contributed by atoms with E-state index in [1.54, 1.807) is 4.90 Å². The molecule has 1 aliphatic heterocycles. The molecule has 5 heteroatoms. The van der Waals surface area contributed by atoms with Gasteiger partial charge in [-0.1, -0.05) is 18.2 Å². The number of nitrogens with zero attached hydrogens (tertiary/aromatic N) is 1. The van der Waals surface area contributed by atoms with E-state index >= 15 is 0 Å². The van der Waals surface area contributed by atoms with Crippen LogP contribution in [-0.4, -0.2) is 25.0 Å². The maximum atomic E-state index is 12.4. The zero-order valence-electron chi connectivity index (χ0n) is 13.6. The van der Waals surface area contributed by atoms with E-state index in [0.717, 1.165) is 17.1 Å². The minimum absolute atomic E-state index is 0.0348. The van der Waals surface area contributed by atoms with Crippen LogP contribution in [0, 0.1) is 5.92 Å². The van der Waals surface area contributed by atoms with Crippen molar-refractivity contribution in [1.82, 2.24) is 0 Å². The van der Waals surface area contributed by atoms with Gasteiger partial charge in [-0.15, -0.1) is 0 Å². The molecule has 1 heterocycles. The Kier molecular flexibility index (Phi) is 4.79. The van der Waals surface area contributed by atoms with Gasteiger partial charge in [0.1, 0.15) is 5.75 Å². The first-order valence-corrected chi connectivity index (χ1v) is 8.06. The number of hydrogen-bond donors (Lipinski definition) is 1. The molecule has 2 aromatic rings. The minimum atomic E-state index is -0.343. The highest BCUT2D eigenvalue weighted by Gasteiger charge is 2.35. The van der Waals surface area contributed by atoms with E-state index in [1.807, 2.05) is 61.5 Å². The van der Waals surface area contributed by atoms with Crippen LogP contribution in [0.2, 0.25) is 0 Å². The fourth-order valence-corrected chi connectivity index (χ4v) is 2.79. The second-order valence-corrected chi connectivity index (χ2v) is 5.69. The molecule has 2 amide bonds. The first kappa shape index (κ1) is 16.1. The van der Waals surface area contributed by atoms with Crippen molar-refractivity contribution in [3.8, 4) is 5.75 Å². The summed E-state index contributed by atoms with van der Waals surface area (Å²) in [5, 5.41) is 2.86. The number of ether oxygens (including phenoxy) is 1. The zero-order valence-corrected chi connectivity index (χ0v) is 13.6. The molecular formula is C19H20N2O3. The molecule has 1 N–H and O–H groups in total. The number of benzene rings is 2. The standard InChI is InChI=1S/C19H20N2O3/c1-2-24-17-10-8-16(9-11-17)21-13-14(12-18(21)22)19(23)20-15-6-4-3-5-7-15/h3-11,14H,2,12-13H2,1H3,(H,20,23)/t14-/m1/s1. The maximum absolute atomic E-state index is 12.4. The van der Waals surface area contributed by atoms with Crippen molar-refractivity contribution < 1.29 is 14.3 Å². The lowest BCUT2D eigenvalue weighted by Gasteiger charge is -2.17. The fourth-order valence-electron chi connectivity index (χ4n) is 2.79. The molecule has 0 saturated carbocycles. The molecular weight excluding hydrogens is 304 g/mol. The number of nitrogens with one attached hydrogen (secondary N) is 1. The molecule has 0 bridgehead atoms. The molecule has 1 aliphatic rings. The van der Waals surface area contributed by atoms with Crippen LogP contribution in [0.5, 0.6) is 5.75 Å². The van der Waals surface area contributed by atoms with Gasteiger partial charge in [-0.3, -0.25) is 9.59 Å². The van der Waals surface area contributed by atoms with E-state index < -0.39 is 0 Å². The van der Waals surface area contributed by atoms with Crippen LogP contribution >= 0.6 is 0 Å². The van der Waals surface area contributed by atoms with Gasteiger partial charge in [-0.2, -0.15) is 0 Å². The Balaban J connectivity index is 1.65. The molecule has 3 rings (SSSR count). The lowest BCUT2D eigenvalue weighted by molar-refractivity contribution is -0.122. The number of carbonyl (C=O) groups is 2. The highest BCUT2D eigenvalue weighted by Crippen LogP contribution is 2.27. The predicted octanol–water partition coefficient (Wildman–Crippen LogP) is 3.08. The Labute approximate surface area is 141 Å². The first-order chi connectivity index (χ1) is 11.7. The Bertz CT molecular complexity index is 713. The molecule has 0 unspecified atom stereocenters. The molecule has 0 aromatic heterocycles. The molecule has 2 aromatic carbocycles. The van der Waals surface area contributed by atoms with Crippen molar-refractivity contribution in [1.29, 1.82) is 0 Å². The summed E-state index contributed by atoms with van der Waals surface area (Å²) in [6.07, 6.45) is 0.228. The minimum Gasteiger partial charge on any atom is -0.494 e. The third kappa shape index (κ3) is 3.56. The zero-order chi connectivity index (χ0) is 16.9. The van der Waals surface area contributed by atoms with Gasteiger partial charge in [0, 0.05) is 24.3 Å². The molecule has 1 atom stereocenters. The average Bonchev–Trinajstić information content (AvgIpc) is 2.99. The van der Waals surface area contributed by atoms with Gasteiger partial charge < -0.3 is 15.0 Å².